The van der Waals surface area contributed by atoms with Crippen LogP contribution in [0.1, 0.15) is 47.6 Å². The number of benzene rings is 5. The summed E-state index contributed by atoms with van der Waals surface area (Å²) >= 11 is 6.63. The van der Waals surface area contributed by atoms with Crippen LogP contribution in [0, 0.1) is 17.3 Å². The molecule has 0 fully saturated rings. The van der Waals surface area contributed by atoms with Crippen LogP contribution in [0.15, 0.2) is 116 Å². The van der Waals surface area contributed by atoms with Gasteiger partial charge in [-0.05, 0) is 100 Å². The highest BCUT2D eigenvalue weighted by Gasteiger charge is 2.09. The third-order valence-electron chi connectivity index (χ3n) is 7.72. The van der Waals surface area contributed by atoms with E-state index in [1.54, 1.807) is 12.1 Å². The van der Waals surface area contributed by atoms with Gasteiger partial charge in [0.05, 0.1) is 18.2 Å². The number of hydrogen-bond acceptors (Lipinski definition) is 6. The SMILES string of the molecule is C=CC(=O)OCCCOc1ccc(C#Cc2ccc(-c3ccc(/C=C/C(=O)Oc4ccc5cc(CCC)ccc5c4)cc3C=N)cc2Cl)cc1. The van der Waals surface area contributed by atoms with Crippen molar-refractivity contribution < 1.29 is 23.8 Å². The molecule has 0 spiro atoms. The Bertz CT molecular complexity index is 2120. The molecule has 0 saturated carbocycles. The van der Waals surface area contributed by atoms with Crippen LogP contribution in [-0.2, 0) is 20.7 Å². The average molecular weight is 682 g/mol. The lowest BCUT2D eigenvalue weighted by Gasteiger charge is -2.09. The Labute approximate surface area is 297 Å². The number of halogens is 1. The third-order valence-corrected chi connectivity index (χ3v) is 8.03. The molecule has 6 nitrogen and oxygen atoms in total. The molecule has 0 bridgehead atoms. The van der Waals surface area contributed by atoms with Crippen molar-refractivity contribution in [2.75, 3.05) is 13.2 Å². The Morgan fingerprint density at radius 2 is 1.62 bits per heavy atom. The van der Waals surface area contributed by atoms with Crippen LogP contribution in [0.5, 0.6) is 11.5 Å². The Hall–Kier alpha value is -5.90. The molecule has 7 heteroatoms. The van der Waals surface area contributed by atoms with Crippen LogP contribution in [0.3, 0.4) is 0 Å². The zero-order valence-electron chi connectivity index (χ0n) is 27.7. The maximum atomic E-state index is 12.6. The minimum absolute atomic E-state index is 0.269. The van der Waals surface area contributed by atoms with E-state index in [0.29, 0.717) is 40.7 Å². The van der Waals surface area contributed by atoms with Gasteiger partial charge in [-0.3, -0.25) is 0 Å². The van der Waals surface area contributed by atoms with Crippen LogP contribution in [0.2, 0.25) is 5.02 Å². The molecule has 0 aliphatic rings. The Balaban J connectivity index is 1.19. The van der Waals surface area contributed by atoms with Crippen LogP contribution in [0.4, 0.5) is 0 Å². The molecule has 0 unspecified atom stereocenters. The molecule has 0 saturated heterocycles. The second kappa shape index (κ2) is 17.5. The Morgan fingerprint density at radius 3 is 2.38 bits per heavy atom. The number of rotatable bonds is 13. The van der Waals surface area contributed by atoms with Gasteiger partial charge in [-0.15, -0.1) is 0 Å². The molecule has 0 radical (unpaired) electrons. The summed E-state index contributed by atoms with van der Waals surface area (Å²) in [6, 6.07) is 30.6. The molecule has 0 aromatic heterocycles. The van der Waals surface area contributed by atoms with Gasteiger partial charge in [-0.1, -0.05) is 85.8 Å². The standard InChI is InChI=1S/C43H36ClNO5/c1-3-6-31-8-14-35-27-39(20-17-34(35)25-31)50-43(47)22-12-32-11-21-40(37(26-32)29-45)36-16-15-33(41(44)28-36)13-7-30-9-18-38(19-10-30)48-23-5-24-49-42(46)4-2/h4,8-12,14-22,25-29,45H,2-3,5-6,23-24H2,1H3/b22-12+,45-29?. The molecule has 5 aromatic carbocycles. The van der Waals surface area contributed by atoms with E-state index in [4.69, 9.17) is 31.2 Å². The van der Waals surface area contributed by atoms with Crippen molar-refractivity contribution in [1.82, 2.24) is 0 Å². The summed E-state index contributed by atoms with van der Waals surface area (Å²) in [5.41, 5.74) is 5.86. The predicted molar refractivity (Wildman–Crippen MR) is 201 cm³/mol. The summed E-state index contributed by atoms with van der Waals surface area (Å²) in [5, 5.41) is 10.6. The number of ether oxygens (including phenoxy) is 3. The van der Waals surface area contributed by atoms with E-state index >= 15 is 0 Å². The zero-order chi connectivity index (χ0) is 35.3. The first-order chi connectivity index (χ1) is 24.3. The normalized spacial score (nSPS) is 10.7. The summed E-state index contributed by atoms with van der Waals surface area (Å²) in [6.45, 7) is 6.21. The van der Waals surface area contributed by atoms with Gasteiger partial charge < -0.3 is 19.6 Å². The minimum atomic E-state index is -0.485. The summed E-state index contributed by atoms with van der Waals surface area (Å²) in [6.07, 6.45) is 8.16. The smallest absolute Gasteiger partial charge is 0.336 e. The van der Waals surface area contributed by atoms with Gasteiger partial charge in [-0.25, -0.2) is 9.59 Å². The maximum absolute atomic E-state index is 12.6. The molecular weight excluding hydrogens is 646 g/mol. The molecule has 0 aliphatic carbocycles. The molecule has 1 N–H and O–H groups in total. The van der Waals surface area contributed by atoms with Gasteiger partial charge in [0.1, 0.15) is 11.5 Å². The number of esters is 2. The van der Waals surface area contributed by atoms with Gasteiger partial charge in [0.25, 0.3) is 0 Å². The Morgan fingerprint density at radius 1 is 0.840 bits per heavy atom. The fourth-order valence-corrected chi connectivity index (χ4v) is 5.43. The van der Waals surface area contributed by atoms with Gasteiger partial charge in [0, 0.05) is 41.5 Å². The van der Waals surface area contributed by atoms with Crippen molar-refractivity contribution in [3.8, 4) is 34.5 Å². The summed E-state index contributed by atoms with van der Waals surface area (Å²) in [5.74, 6) is 6.50. The van der Waals surface area contributed by atoms with Crippen molar-refractivity contribution in [3.63, 3.8) is 0 Å². The van der Waals surface area contributed by atoms with Gasteiger partial charge in [0.2, 0.25) is 0 Å². The van der Waals surface area contributed by atoms with Crippen molar-refractivity contribution >= 4 is 46.6 Å². The summed E-state index contributed by atoms with van der Waals surface area (Å²) in [4.78, 5) is 23.7. The highest BCUT2D eigenvalue weighted by atomic mass is 35.5. The largest absolute Gasteiger partial charge is 0.493 e. The molecular formula is C43H36ClNO5. The lowest BCUT2D eigenvalue weighted by atomic mass is 9.97. The van der Waals surface area contributed by atoms with Crippen molar-refractivity contribution in [2.45, 2.75) is 26.2 Å². The van der Waals surface area contributed by atoms with Crippen molar-refractivity contribution in [3.05, 3.63) is 149 Å². The number of carbonyl (C=O) groups is 2. The van der Waals surface area contributed by atoms with E-state index in [0.717, 1.165) is 51.9 Å². The zero-order valence-corrected chi connectivity index (χ0v) is 28.5. The van der Waals surface area contributed by atoms with Gasteiger partial charge >= 0.3 is 11.9 Å². The van der Waals surface area contributed by atoms with E-state index in [2.05, 4.69) is 43.5 Å². The van der Waals surface area contributed by atoms with Crippen LogP contribution >= 0.6 is 11.6 Å². The highest BCUT2D eigenvalue weighted by molar-refractivity contribution is 6.32. The summed E-state index contributed by atoms with van der Waals surface area (Å²) in [7, 11) is 0. The first-order valence-electron chi connectivity index (χ1n) is 16.3. The monoisotopic (exact) mass is 681 g/mol. The van der Waals surface area contributed by atoms with E-state index in [-0.39, 0.29) is 6.61 Å². The first-order valence-corrected chi connectivity index (χ1v) is 16.6. The molecule has 0 aliphatic heterocycles. The van der Waals surface area contributed by atoms with Gasteiger partial charge in [-0.2, -0.15) is 0 Å². The average Bonchev–Trinajstić information content (AvgIpc) is 3.13. The quantitative estimate of drug-likeness (QED) is 0.0334. The molecule has 0 heterocycles. The number of carbonyl (C=O) groups excluding carboxylic acids is 2. The van der Waals surface area contributed by atoms with E-state index in [9.17, 15) is 9.59 Å². The second-order valence-electron chi connectivity index (χ2n) is 11.4. The fraction of sp³-hybridized carbons (Fsp3) is 0.140. The molecule has 0 atom stereocenters. The van der Waals surface area contributed by atoms with Crippen LogP contribution in [-0.4, -0.2) is 31.4 Å². The van der Waals surface area contributed by atoms with E-state index in [1.165, 1.54) is 17.9 Å². The number of fused-ring (bicyclic) bond motifs is 1. The highest BCUT2D eigenvalue weighted by Crippen LogP contribution is 2.29. The fourth-order valence-electron chi connectivity index (χ4n) is 5.20. The lowest BCUT2D eigenvalue weighted by Crippen LogP contribution is -2.06. The molecule has 5 aromatic rings. The number of hydrogen-bond donors (Lipinski definition) is 1. The van der Waals surface area contributed by atoms with Crippen LogP contribution < -0.4 is 9.47 Å². The van der Waals surface area contributed by atoms with E-state index in [1.807, 2.05) is 72.8 Å². The second-order valence-corrected chi connectivity index (χ2v) is 11.8. The molecule has 0 amide bonds. The minimum Gasteiger partial charge on any atom is -0.493 e. The lowest BCUT2D eigenvalue weighted by molar-refractivity contribution is -0.138. The molecule has 250 valence electrons. The molecule has 5 rings (SSSR count). The van der Waals surface area contributed by atoms with Gasteiger partial charge in [0.15, 0.2) is 0 Å². The third kappa shape index (κ3) is 9.82. The summed E-state index contributed by atoms with van der Waals surface area (Å²) < 4.78 is 16.2. The first kappa shape index (κ1) is 35.4. The molecule has 50 heavy (non-hydrogen) atoms. The maximum Gasteiger partial charge on any atom is 0.336 e. The Kier molecular flexibility index (Phi) is 12.4. The van der Waals surface area contributed by atoms with Crippen molar-refractivity contribution in [1.29, 1.82) is 5.41 Å². The van der Waals surface area contributed by atoms with E-state index < -0.39 is 11.9 Å². The topological polar surface area (TPSA) is 85.7 Å². The van der Waals surface area contributed by atoms with Crippen molar-refractivity contribution in [2.24, 2.45) is 0 Å². The predicted octanol–water partition coefficient (Wildman–Crippen LogP) is 9.63. The van der Waals surface area contributed by atoms with Crippen LogP contribution in [0.25, 0.3) is 28.0 Å². The number of nitrogens with one attached hydrogen (secondary N) is 1. The number of aryl methyl sites for hydroxylation is 1.